The van der Waals surface area contributed by atoms with Gasteiger partial charge >= 0.3 is 11.8 Å². The zero-order chi connectivity index (χ0) is 21.8. The third-order valence-electron chi connectivity index (χ3n) is 3.99. The van der Waals surface area contributed by atoms with Crippen LogP contribution in [0.25, 0.3) is 0 Å². The summed E-state index contributed by atoms with van der Waals surface area (Å²) in [5.74, 6) is -1.27. The van der Waals surface area contributed by atoms with E-state index in [2.05, 4.69) is 21.2 Å². The van der Waals surface area contributed by atoms with Gasteiger partial charge in [0.1, 0.15) is 5.75 Å². The van der Waals surface area contributed by atoms with E-state index in [1.165, 1.54) is 6.21 Å². The zero-order valence-electron chi connectivity index (χ0n) is 17.1. The third-order valence-corrected chi connectivity index (χ3v) is 3.99. The summed E-state index contributed by atoms with van der Waals surface area (Å²) >= 11 is 0. The van der Waals surface area contributed by atoms with Gasteiger partial charge in [0.2, 0.25) is 0 Å². The van der Waals surface area contributed by atoms with Gasteiger partial charge in [0.25, 0.3) is 5.91 Å². The number of nitrogens with one attached hydrogen (secondary N) is 3. The Hall–Kier alpha value is -3.68. The molecule has 0 aromatic heterocycles. The fourth-order valence-corrected chi connectivity index (χ4v) is 2.31. The Morgan fingerprint density at radius 3 is 2.37 bits per heavy atom. The van der Waals surface area contributed by atoms with E-state index in [0.717, 1.165) is 18.4 Å². The van der Waals surface area contributed by atoms with Crippen molar-refractivity contribution in [3.63, 3.8) is 0 Å². The van der Waals surface area contributed by atoms with E-state index in [0.29, 0.717) is 23.5 Å². The second-order valence-corrected chi connectivity index (χ2v) is 6.58. The Labute approximate surface area is 175 Å². The van der Waals surface area contributed by atoms with Gasteiger partial charge in [-0.15, -0.1) is 0 Å². The van der Waals surface area contributed by atoms with Crippen LogP contribution in [0.15, 0.2) is 53.6 Å². The van der Waals surface area contributed by atoms with E-state index in [1.54, 1.807) is 24.3 Å². The van der Waals surface area contributed by atoms with Crippen LogP contribution in [-0.2, 0) is 14.4 Å². The molecule has 0 fully saturated rings. The van der Waals surface area contributed by atoms with Crippen LogP contribution in [0.5, 0.6) is 5.75 Å². The standard InChI is InChI=1S/C22H26N4O4/c1-3-4-13-23-21(28)22(29)26-24-14-17-7-11-19(12-8-17)30-15-20(27)25-18-9-5-16(2)6-10-18/h5-12,14H,3-4,13,15H2,1-2H3,(H,23,28)(H,25,27)(H,26,29)/b24-14-. The SMILES string of the molecule is CCCCNC(=O)C(=O)N/N=C\c1ccc(OCC(=O)Nc2ccc(C)cc2)cc1. The number of carbonyl (C=O) groups is 3. The lowest BCUT2D eigenvalue weighted by Crippen LogP contribution is -2.38. The lowest BCUT2D eigenvalue weighted by Gasteiger charge is -2.08. The molecule has 0 saturated carbocycles. The maximum absolute atomic E-state index is 12.0. The lowest BCUT2D eigenvalue weighted by atomic mass is 10.2. The Bertz CT molecular complexity index is 877. The summed E-state index contributed by atoms with van der Waals surface area (Å²) in [6.45, 7) is 4.30. The smallest absolute Gasteiger partial charge is 0.329 e. The number of benzene rings is 2. The lowest BCUT2D eigenvalue weighted by molar-refractivity contribution is -0.139. The number of aryl methyl sites for hydroxylation is 1. The van der Waals surface area contributed by atoms with Crippen LogP contribution >= 0.6 is 0 Å². The molecule has 2 rings (SSSR count). The van der Waals surface area contributed by atoms with Gasteiger partial charge in [0.15, 0.2) is 6.61 Å². The van der Waals surface area contributed by atoms with Crippen molar-refractivity contribution in [2.24, 2.45) is 5.10 Å². The van der Waals surface area contributed by atoms with Crippen molar-refractivity contribution >= 4 is 29.6 Å². The summed E-state index contributed by atoms with van der Waals surface area (Å²) in [4.78, 5) is 35.0. The van der Waals surface area contributed by atoms with Gasteiger partial charge in [-0.3, -0.25) is 14.4 Å². The van der Waals surface area contributed by atoms with E-state index in [-0.39, 0.29) is 12.5 Å². The molecule has 2 aromatic rings. The highest BCUT2D eigenvalue weighted by molar-refractivity contribution is 6.35. The van der Waals surface area contributed by atoms with Gasteiger partial charge in [-0.25, -0.2) is 5.43 Å². The summed E-state index contributed by atoms with van der Waals surface area (Å²) in [6, 6.07) is 14.3. The van der Waals surface area contributed by atoms with Crippen molar-refractivity contribution in [2.45, 2.75) is 26.7 Å². The molecule has 0 bridgehead atoms. The summed E-state index contributed by atoms with van der Waals surface area (Å²) in [5, 5.41) is 9.02. The van der Waals surface area contributed by atoms with E-state index in [9.17, 15) is 14.4 Å². The zero-order valence-corrected chi connectivity index (χ0v) is 17.1. The predicted molar refractivity (Wildman–Crippen MR) is 115 cm³/mol. The molecule has 8 heteroatoms. The quantitative estimate of drug-likeness (QED) is 0.255. The molecule has 0 aliphatic rings. The normalized spacial score (nSPS) is 10.5. The molecule has 3 N–H and O–H groups in total. The number of anilines is 1. The number of nitrogens with zero attached hydrogens (tertiary/aromatic N) is 1. The van der Waals surface area contributed by atoms with E-state index < -0.39 is 11.8 Å². The Morgan fingerprint density at radius 1 is 1.00 bits per heavy atom. The number of hydrogen-bond donors (Lipinski definition) is 3. The van der Waals surface area contributed by atoms with Crippen molar-refractivity contribution in [3.05, 3.63) is 59.7 Å². The Morgan fingerprint density at radius 2 is 1.70 bits per heavy atom. The van der Waals surface area contributed by atoms with Gasteiger partial charge in [0, 0.05) is 12.2 Å². The van der Waals surface area contributed by atoms with Crippen molar-refractivity contribution in [1.29, 1.82) is 0 Å². The Balaban J connectivity index is 1.74. The van der Waals surface area contributed by atoms with Crippen molar-refractivity contribution in [1.82, 2.24) is 10.7 Å². The molecule has 0 aliphatic heterocycles. The molecule has 0 radical (unpaired) electrons. The molecule has 158 valence electrons. The summed E-state index contributed by atoms with van der Waals surface area (Å²) in [7, 11) is 0. The molecule has 0 saturated heterocycles. The minimum absolute atomic E-state index is 0.121. The topological polar surface area (TPSA) is 109 Å². The molecule has 3 amide bonds. The first kappa shape index (κ1) is 22.6. The van der Waals surface area contributed by atoms with Crippen molar-refractivity contribution < 1.29 is 19.1 Å². The van der Waals surface area contributed by atoms with Crippen molar-refractivity contribution in [3.8, 4) is 5.75 Å². The third kappa shape index (κ3) is 8.14. The van der Waals surface area contributed by atoms with Crippen LogP contribution in [0, 0.1) is 6.92 Å². The first-order valence-electron chi connectivity index (χ1n) is 9.68. The molecule has 0 unspecified atom stereocenters. The van der Waals surface area contributed by atoms with Crippen molar-refractivity contribution in [2.75, 3.05) is 18.5 Å². The Kier molecular flexibility index (Phi) is 9.05. The highest BCUT2D eigenvalue weighted by atomic mass is 16.5. The molecule has 8 nitrogen and oxygen atoms in total. The maximum Gasteiger partial charge on any atom is 0.329 e. The average molecular weight is 410 g/mol. The number of hydrogen-bond acceptors (Lipinski definition) is 5. The summed E-state index contributed by atoms with van der Waals surface area (Å²) in [6.07, 6.45) is 3.15. The number of ether oxygens (including phenoxy) is 1. The second-order valence-electron chi connectivity index (χ2n) is 6.58. The van der Waals surface area contributed by atoms with Gasteiger partial charge in [-0.1, -0.05) is 31.0 Å². The minimum Gasteiger partial charge on any atom is -0.484 e. The van der Waals surface area contributed by atoms with Gasteiger partial charge in [0.05, 0.1) is 6.21 Å². The van der Waals surface area contributed by atoms with E-state index in [4.69, 9.17) is 4.74 Å². The highest BCUT2D eigenvalue weighted by Gasteiger charge is 2.11. The monoisotopic (exact) mass is 410 g/mol. The van der Waals surface area contributed by atoms with Crippen LogP contribution in [0.2, 0.25) is 0 Å². The molecule has 0 heterocycles. The van der Waals surface area contributed by atoms with Crippen LogP contribution in [0.4, 0.5) is 5.69 Å². The maximum atomic E-state index is 12.0. The fourth-order valence-electron chi connectivity index (χ4n) is 2.31. The molecular weight excluding hydrogens is 384 g/mol. The number of hydrazone groups is 1. The molecule has 0 aliphatic carbocycles. The van der Waals surface area contributed by atoms with E-state index in [1.807, 2.05) is 38.1 Å². The van der Waals surface area contributed by atoms with Crippen LogP contribution < -0.4 is 20.8 Å². The second kappa shape index (κ2) is 12.0. The first-order valence-corrected chi connectivity index (χ1v) is 9.68. The largest absolute Gasteiger partial charge is 0.484 e. The number of carbonyl (C=O) groups excluding carboxylic acids is 3. The molecule has 2 aromatic carbocycles. The number of rotatable bonds is 9. The van der Waals surface area contributed by atoms with Crippen LogP contribution in [0.3, 0.4) is 0 Å². The first-order chi connectivity index (χ1) is 14.5. The van der Waals surface area contributed by atoms with Gasteiger partial charge in [-0.2, -0.15) is 5.10 Å². The van der Waals surface area contributed by atoms with Crippen LogP contribution in [-0.4, -0.2) is 37.1 Å². The van der Waals surface area contributed by atoms with Gasteiger partial charge in [-0.05, 0) is 55.3 Å². The molecular formula is C22H26N4O4. The predicted octanol–water partition coefficient (Wildman–Crippen LogP) is 2.38. The van der Waals surface area contributed by atoms with Gasteiger partial charge < -0.3 is 15.4 Å². The minimum atomic E-state index is -0.818. The molecule has 30 heavy (non-hydrogen) atoms. The molecule has 0 spiro atoms. The fraction of sp³-hybridized carbons (Fsp3) is 0.273. The molecule has 0 atom stereocenters. The summed E-state index contributed by atoms with van der Waals surface area (Å²) < 4.78 is 5.46. The van der Waals surface area contributed by atoms with E-state index >= 15 is 0 Å². The number of unbranched alkanes of at least 4 members (excludes halogenated alkanes) is 1. The van der Waals surface area contributed by atoms with Crippen LogP contribution in [0.1, 0.15) is 30.9 Å². The summed E-state index contributed by atoms with van der Waals surface area (Å²) in [5.41, 5.74) is 4.69. The average Bonchev–Trinajstić information content (AvgIpc) is 2.75. The highest BCUT2D eigenvalue weighted by Crippen LogP contribution is 2.12. The number of amides is 3.